The summed E-state index contributed by atoms with van der Waals surface area (Å²) in [6, 6.07) is 6.98. The molecule has 34 heavy (non-hydrogen) atoms. The van der Waals surface area contributed by atoms with Crippen LogP contribution in [-0.4, -0.2) is 64.3 Å². The highest BCUT2D eigenvalue weighted by molar-refractivity contribution is 7.07. The predicted octanol–water partition coefficient (Wildman–Crippen LogP) is 1.97. The van der Waals surface area contributed by atoms with Gasteiger partial charge in [-0.25, -0.2) is 0 Å². The Morgan fingerprint density at radius 2 is 1.91 bits per heavy atom. The number of hydrogen-bond acceptors (Lipinski definition) is 7. The van der Waals surface area contributed by atoms with Crippen LogP contribution in [-0.2, 0) is 14.4 Å². The maximum absolute atomic E-state index is 12.6. The van der Waals surface area contributed by atoms with Crippen molar-refractivity contribution in [3.05, 3.63) is 34.8 Å². The van der Waals surface area contributed by atoms with Crippen molar-refractivity contribution in [2.75, 3.05) is 36.4 Å². The fourth-order valence-electron chi connectivity index (χ4n) is 4.25. The van der Waals surface area contributed by atoms with Crippen LogP contribution in [0.25, 0.3) is 0 Å². The summed E-state index contributed by atoms with van der Waals surface area (Å²) in [7, 11) is 0. The molecule has 0 bridgehead atoms. The number of nitrogens with one attached hydrogen (secondary N) is 2. The second kappa shape index (κ2) is 10.7. The molecule has 2 N–H and O–H groups in total. The van der Waals surface area contributed by atoms with Crippen molar-refractivity contribution in [1.82, 2.24) is 19.8 Å². The van der Waals surface area contributed by atoms with Gasteiger partial charge in [-0.15, -0.1) is 5.10 Å². The van der Waals surface area contributed by atoms with E-state index < -0.39 is 11.8 Å². The maximum Gasteiger partial charge on any atom is 0.313 e. The molecule has 2 aliphatic heterocycles. The number of aromatic nitrogens is 2. The molecule has 0 aliphatic carbocycles. The molecule has 4 rings (SSSR count). The van der Waals surface area contributed by atoms with Crippen LogP contribution in [0.1, 0.15) is 47.5 Å². The van der Waals surface area contributed by atoms with Gasteiger partial charge in [-0.2, -0.15) is 0 Å². The number of anilines is 2. The number of amides is 4. The minimum atomic E-state index is -0.747. The quantitative estimate of drug-likeness (QED) is 0.625. The molecule has 0 unspecified atom stereocenters. The van der Waals surface area contributed by atoms with Gasteiger partial charge in [0, 0.05) is 44.0 Å². The highest BCUT2D eigenvalue weighted by atomic mass is 32.1. The van der Waals surface area contributed by atoms with Gasteiger partial charge in [0.2, 0.25) is 5.91 Å². The van der Waals surface area contributed by atoms with Gasteiger partial charge in [-0.3, -0.25) is 19.2 Å². The van der Waals surface area contributed by atoms with Gasteiger partial charge < -0.3 is 20.4 Å². The summed E-state index contributed by atoms with van der Waals surface area (Å²) in [6.45, 7) is 3.98. The largest absolute Gasteiger partial charge is 0.348 e. The van der Waals surface area contributed by atoms with E-state index in [9.17, 15) is 19.2 Å². The Labute approximate surface area is 201 Å². The van der Waals surface area contributed by atoms with Gasteiger partial charge in [0.15, 0.2) is 0 Å². The maximum atomic E-state index is 12.6. The van der Waals surface area contributed by atoms with Gasteiger partial charge in [-0.05, 0) is 68.3 Å². The molecule has 11 heteroatoms. The van der Waals surface area contributed by atoms with E-state index in [1.165, 1.54) is 0 Å². The van der Waals surface area contributed by atoms with Crippen molar-refractivity contribution in [3.8, 4) is 0 Å². The molecule has 1 aromatic carbocycles. The first-order valence-electron chi connectivity index (χ1n) is 11.5. The standard InChI is InChI=1S/C23H28N6O4S/c1-15-20(34-27-26-15)23(33)28-11-8-16(9-12-28)14-24-21(31)22(32)25-17-5-4-6-18(13-17)29-10-3-2-7-19(29)30/h4-6,13,16H,2-3,7-12,14H2,1H3,(H,24,31)(H,25,32). The molecule has 1 aromatic heterocycles. The zero-order valence-corrected chi connectivity index (χ0v) is 19.9. The number of likely N-dealkylation sites (tertiary alicyclic amines) is 1. The fraction of sp³-hybridized carbons (Fsp3) is 0.478. The lowest BCUT2D eigenvalue weighted by molar-refractivity contribution is -0.136. The van der Waals surface area contributed by atoms with E-state index in [-0.39, 0.29) is 17.7 Å². The summed E-state index contributed by atoms with van der Waals surface area (Å²) in [6.07, 6.45) is 3.84. The van der Waals surface area contributed by atoms with Crippen LogP contribution in [0.4, 0.5) is 11.4 Å². The number of carbonyl (C=O) groups is 4. The van der Waals surface area contributed by atoms with E-state index >= 15 is 0 Å². The van der Waals surface area contributed by atoms with Gasteiger partial charge in [0.05, 0.1) is 5.69 Å². The topological polar surface area (TPSA) is 125 Å². The highest BCUT2D eigenvalue weighted by Crippen LogP contribution is 2.24. The Bertz CT molecular complexity index is 1080. The molecular formula is C23H28N6O4S. The van der Waals surface area contributed by atoms with E-state index in [0.29, 0.717) is 54.5 Å². The molecule has 0 atom stereocenters. The summed E-state index contributed by atoms with van der Waals surface area (Å²) in [4.78, 5) is 53.5. The third-order valence-corrected chi connectivity index (χ3v) is 7.06. The van der Waals surface area contributed by atoms with Gasteiger partial charge in [-0.1, -0.05) is 10.6 Å². The first kappa shape index (κ1) is 23.8. The van der Waals surface area contributed by atoms with Crippen molar-refractivity contribution in [2.24, 2.45) is 5.92 Å². The Balaban J connectivity index is 1.23. The van der Waals surface area contributed by atoms with E-state index in [1.807, 2.05) is 6.07 Å². The molecule has 0 radical (unpaired) electrons. The summed E-state index contributed by atoms with van der Waals surface area (Å²) < 4.78 is 3.82. The second-order valence-corrected chi connectivity index (χ2v) is 9.39. The number of aryl methyl sites for hydroxylation is 1. The highest BCUT2D eigenvalue weighted by Gasteiger charge is 2.27. The van der Waals surface area contributed by atoms with Gasteiger partial charge in [0.25, 0.3) is 5.91 Å². The van der Waals surface area contributed by atoms with Crippen LogP contribution in [0.15, 0.2) is 24.3 Å². The Hall–Kier alpha value is -3.34. The van der Waals surface area contributed by atoms with Crippen LogP contribution in [0.2, 0.25) is 0 Å². The average molecular weight is 485 g/mol. The van der Waals surface area contributed by atoms with Gasteiger partial charge >= 0.3 is 11.8 Å². The van der Waals surface area contributed by atoms with Gasteiger partial charge in [0.1, 0.15) is 4.88 Å². The first-order chi connectivity index (χ1) is 16.4. The molecular weight excluding hydrogens is 456 g/mol. The number of rotatable bonds is 5. The lowest BCUT2D eigenvalue weighted by Crippen LogP contribution is -2.43. The Morgan fingerprint density at radius 1 is 1.12 bits per heavy atom. The normalized spacial score (nSPS) is 16.9. The van der Waals surface area contributed by atoms with Crippen molar-refractivity contribution < 1.29 is 19.2 Å². The van der Waals surface area contributed by atoms with Crippen LogP contribution in [0.5, 0.6) is 0 Å². The molecule has 0 spiro atoms. The van der Waals surface area contributed by atoms with E-state index in [1.54, 1.807) is 34.9 Å². The third-order valence-electron chi connectivity index (χ3n) is 6.24. The second-order valence-electron chi connectivity index (χ2n) is 8.64. The Morgan fingerprint density at radius 3 is 2.62 bits per heavy atom. The number of hydrogen-bond donors (Lipinski definition) is 2. The average Bonchev–Trinajstić information content (AvgIpc) is 3.28. The Kier molecular flexibility index (Phi) is 7.51. The number of carbonyl (C=O) groups excluding carboxylic acids is 4. The third kappa shape index (κ3) is 5.58. The molecule has 180 valence electrons. The van der Waals surface area contributed by atoms with Crippen molar-refractivity contribution in [3.63, 3.8) is 0 Å². The SMILES string of the molecule is Cc1nnsc1C(=O)N1CCC(CNC(=O)C(=O)Nc2cccc(N3CCCCC3=O)c2)CC1. The summed E-state index contributed by atoms with van der Waals surface area (Å²) in [5, 5.41) is 9.21. The minimum Gasteiger partial charge on any atom is -0.348 e. The van der Waals surface area contributed by atoms with Crippen LogP contribution in [0, 0.1) is 12.8 Å². The molecule has 10 nitrogen and oxygen atoms in total. The molecule has 2 saturated heterocycles. The molecule has 2 aliphatic rings. The molecule has 2 aromatic rings. The van der Waals surface area contributed by atoms with E-state index in [2.05, 4.69) is 20.2 Å². The molecule has 2 fully saturated rings. The van der Waals surface area contributed by atoms with Crippen molar-refractivity contribution in [1.29, 1.82) is 0 Å². The number of benzene rings is 1. The van der Waals surface area contributed by atoms with Crippen molar-refractivity contribution >= 4 is 46.5 Å². The lowest BCUT2D eigenvalue weighted by Gasteiger charge is -2.31. The minimum absolute atomic E-state index is 0.0529. The zero-order valence-electron chi connectivity index (χ0n) is 19.1. The zero-order chi connectivity index (χ0) is 24.1. The smallest absolute Gasteiger partial charge is 0.313 e. The monoisotopic (exact) mass is 484 g/mol. The van der Waals surface area contributed by atoms with Crippen LogP contribution in [0.3, 0.4) is 0 Å². The lowest BCUT2D eigenvalue weighted by atomic mass is 9.96. The van der Waals surface area contributed by atoms with Crippen LogP contribution < -0.4 is 15.5 Å². The molecule has 0 saturated carbocycles. The van der Waals surface area contributed by atoms with Crippen LogP contribution >= 0.6 is 11.5 Å². The summed E-state index contributed by atoms with van der Waals surface area (Å²) >= 11 is 1.11. The number of piperidine rings is 2. The number of nitrogens with zero attached hydrogens (tertiary/aromatic N) is 4. The first-order valence-corrected chi connectivity index (χ1v) is 12.3. The molecule has 4 amide bonds. The summed E-state index contributed by atoms with van der Waals surface area (Å²) in [5.41, 5.74) is 1.83. The summed E-state index contributed by atoms with van der Waals surface area (Å²) in [5.74, 6) is -1.25. The molecule has 3 heterocycles. The van der Waals surface area contributed by atoms with E-state index in [0.717, 1.165) is 37.2 Å². The van der Waals surface area contributed by atoms with Crippen molar-refractivity contribution in [2.45, 2.75) is 39.0 Å². The predicted molar refractivity (Wildman–Crippen MR) is 128 cm³/mol. The van der Waals surface area contributed by atoms with E-state index in [4.69, 9.17) is 0 Å². The fourth-order valence-corrected chi connectivity index (χ4v) is 4.87.